The molecule has 10 nitrogen and oxygen atoms in total. The molecule has 0 radical (unpaired) electrons. The Morgan fingerprint density at radius 3 is 2.26 bits per heavy atom. The van der Waals surface area contributed by atoms with Crippen molar-refractivity contribution in [1.82, 2.24) is 5.06 Å². The van der Waals surface area contributed by atoms with Gasteiger partial charge in [-0.2, -0.15) is 0 Å². The highest BCUT2D eigenvalue weighted by atomic mass is 16.7. The fourth-order valence-corrected chi connectivity index (χ4v) is 4.35. The van der Waals surface area contributed by atoms with Gasteiger partial charge < -0.3 is 15.5 Å². The Morgan fingerprint density at radius 2 is 1.67 bits per heavy atom. The van der Waals surface area contributed by atoms with E-state index in [0.29, 0.717) is 33.6 Å². The minimum atomic E-state index is -1.16. The van der Waals surface area contributed by atoms with Gasteiger partial charge in [0.2, 0.25) is 5.91 Å². The maximum absolute atomic E-state index is 13.7. The fraction of sp³-hybridized carbons (Fsp3) is 0.172. The molecule has 3 aromatic carbocycles. The third-order valence-electron chi connectivity index (χ3n) is 6.19. The summed E-state index contributed by atoms with van der Waals surface area (Å²) in [4.78, 5) is 56.7. The Hall–Kier alpha value is -4.80. The highest BCUT2D eigenvalue weighted by Crippen LogP contribution is 2.42. The molecule has 10 heteroatoms. The lowest BCUT2D eigenvalue weighted by atomic mass is 9.96. The maximum atomic E-state index is 13.7. The Balaban J connectivity index is 1.82. The summed E-state index contributed by atoms with van der Waals surface area (Å²) >= 11 is 0. The van der Waals surface area contributed by atoms with Gasteiger partial charge >= 0.3 is 5.97 Å². The van der Waals surface area contributed by atoms with Crippen LogP contribution in [0.2, 0.25) is 0 Å². The van der Waals surface area contributed by atoms with Crippen LogP contribution in [0.5, 0.6) is 0 Å². The predicted molar refractivity (Wildman–Crippen MR) is 145 cm³/mol. The second-order valence-electron chi connectivity index (χ2n) is 8.83. The van der Waals surface area contributed by atoms with E-state index < -0.39 is 23.7 Å². The van der Waals surface area contributed by atoms with E-state index in [1.165, 1.54) is 20.0 Å². The standard InChI is InChI=1S/C29H27N3O7/c1-17-15-23-24(16-22(17)29(37)38)32(18(2)34)28(36)25(23)26(19-7-5-4-6-8-19)30-21-11-9-20(10-12-21)27(35)31(3)39-14-13-33/h4-12,15-16,30,33H,13-14H2,1-3H3,(H,37,38). The van der Waals surface area contributed by atoms with Crippen molar-refractivity contribution in [3.05, 3.63) is 94.5 Å². The molecule has 0 saturated carbocycles. The van der Waals surface area contributed by atoms with E-state index in [4.69, 9.17) is 9.94 Å². The molecule has 4 rings (SSSR count). The highest BCUT2D eigenvalue weighted by Gasteiger charge is 2.38. The SMILES string of the molecule is CC(=O)N1C(=O)C(=C(Nc2ccc(C(=O)N(C)OCCO)cc2)c2ccccc2)c2cc(C)c(C(=O)O)cc21. The third kappa shape index (κ3) is 5.42. The number of aliphatic hydroxyl groups excluding tert-OH is 1. The summed E-state index contributed by atoms with van der Waals surface area (Å²) in [5.74, 6) is -2.69. The first-order chi connectivity index (χ1) is 18.6. The number of hydrogen-bond acceptors (Lipinski definition) is 7. The van der Waals surface area contributed by atoms with Crippen LogP contribution in [0, 0.1) is 6.92 Å². The van der Waals surface area contributed by atoms with Crippen LogP contribution in [0.25, 0.3) is 11.3 Å². The van der Waals surface area contributed by atoms with E-state index in [0.717, 1.165) is 9.96 Å². The number of nitrogens with zero attached hydrogens (tertiary/aromatic N) is 2. The number of imide groups is 1. The van der Waals surface area contributed by atoms with Crippen molar-refractivity contribution in [3.63, 3.8) is 0 Å². The first kappa shape index (κ1) is 27.2. The molecule has 1 heterocycles. The molecule has 3 aromatic rings. The van der Waals surface area contributed by atoms with Gasteiger partial charge in [0.05, 0.1) is 35.7 Å². The Morgan fingerprint density at radius 1 is 1.00 bits per heavy atom. The fourth-order valence-electron chi connectivity index (χ4n) is 4.35. The van der Waals surface area contributed by atoms with Crippen LogP contribution in [-0.4, -0.2) is 59.2 Å². The Labute approximate surface area is 224 Å². The number of carboxylic acids is 1. The zero-order chi connectivity index (χ0) is 28.3. The minimum absolute atomic E-state index is 0.00328. The Bertz CT molecular complexity index is 1480. The quantitative estimate of drug-likeness (QED) is 0.298. The van der Waals surface area contributed by atoms with Crippen LogP contribution >= 0.6 is 0 Å². The normalized spacial score (nSPS) is 13.6. The molecule has 200 valence electrons. The van der Waals surface area contributed by atoms with Crippen molar-refractivity contribution in [2.24, 2.45) is 0 Å². The van der Waals surface area contributed by atoms with Gasteiger partial charge in [-0.15, -0.1) is 0 Å². The topological polar surface area (TPSA) is 136 Å². The monoisotopic (exact) mass is 529 g/mol. The first-order valence-corrected chi connectivity index (χ1v) is 12.1. The number of carbonyl (C=O) groups excluding carboxylic acids is 3. The average molecular weight is 530 g/mol. The summed E-state index contributed by atoms with van der Waals surface area (Å²) < 4.78 is 0. The van der Waals surface area contributed by atoms with E-state index >= 15 is 0 Å². The summed E-state index contributed by atoms with van der Waals surface area (Å²) in [6.45, 7) is 2.64. The largest absolute Gasteiger partial charge is 0.478 e. The van der Waals surface area contributed by atoms with Crippen LogP contribution in [0.1, 0.15) is 44.3 Å². The number of hydroxylamine groups is 2. The van der Waals surface area contributed by atoms with Crippen molar-refractivity contribution < 1.29 is 34.2 Å². The number of carboxylic acid groups (broad SMARTS) is 1. The smallest absolute Gasteiger partial charge is 0.336 e. The van der Waals surface area contributed by atoms with E-state index in [-0.39, 0.29) is 30.0 Å². The molecular formula is C29H27N3O7. The van der Waals surface area contributed by atoms with Crippen molar-refractivity contribution in [3.8, 4) is 0 Å². The molecule has 0 atom stereocenters. The summed E-state index contributed by atoms with van der Waals surface area (Å²) in [6, 6.07) is 18.5. The van der Waals surface area contributed by atoms with Gasteiger partial charge in [0.25, 0.3) is 11.8 Å². The molecule has 1 aliphatic heterocycles. The second-order valence-corrected chi connectivity index (χ2v) is 8.83. The molecule has 0 saturated heterocycles. The third-order valence-corrected chi connectivity index (χ3v) is 6.19. The molecular weight excluding hydrogens is 502 g/mol. The van der Waals surface area contributed by atoms with Gasteiger partial charge in [0.15, 0.2) is 0 Å². The summed E-state index contributed by atoms with van der Waals surface area (Å²) in [5.41, 5.74) is 3.26. The van der Waals surface area contributed by atoms with Gasteiger partial charge in [0.1, 0.15) is 0 Å². The van der Waals surface area contributed by atoms with Crippen LogP contribution in [0.3, 0.4) is 0 Å². The summed E-state index contributed by atoms with van der Waals surface area (Å²) in [7, 11) is 1.45. The number of amides is 3. The molecule has 0 fully saturated rings. The number of benzene rings is 3. The van der Waals surface area contributed by atoms with Crippen molar-refractivity contribution in [2.45, 2.75) is 13.8 Å². The molecule has 0 bridgehead atoms. The lowest BCUT2D eigenvalue weighted by Gasteiger charge is -2.17. The van der Waals surface area contributed by atoms with E-state index in [9.17, 15) is 24.3 Å². The van der Waals surface area contributed by atoms with Crippen LogP contribution in [-0.2, 0) is 14.4 Å². The van der Waals surface area contributed by atoms with E-state index in [1.54, 1.807) is 37.3 Å². The zero-order valence-corrected chi connectivity index (χ0v) is 21.6. The number of rotatable bonds is 8. The van der Waals surface area contributed by atoms with Gasteiger partial charge in [-0.3, -0.25) is 19.2 Å². The van der Waals surface area contributed by atoms with Crippen molar-refractivity contribution >= 4 is 46.3 Å². The zero-order valence-electron chi connectivity index (χ0n) is 21.6. The number of fused-ring (bicyclic) bond motifs is 1. The van der Waals surface area contributed by atoms with Crippen molar-refractivity contribution in [2.75, 3.05) is 30.5 Å². The molecule has 3 N–H and O–H groups in total. The van der Waals surface area contributed by atoms with Gasteiger partial charge in [-0.1, -0.05) is 30.3 Å². The van der Waals surface area contributed by atoms with E-state index in [1.807, 2.05) is 30.3 Å². The number of aromatic carboxylic acids is 1. The number of aliphatic hydroxyl groups is 1. The number of carbonyl (C=O) groups is 4. The minimum Gasteiger partial charge on any atom is -0.478 e. The molecule has 1 aliphatic rings. The van der Waals surface area contributed by atoms with Crippen LogP contribution in [0.15, 0.2) is 66.7 Å². The summed E-state index contributed by atoms with van der Waals surface area (Å²) in [6.07, 6.45) is 0. The predicted octanol–water partition coefficient (Wildman–Crippen LogP) is 3.56. The van der Waals surface area contributed by atoms with E-state index in [2.05, 4.69) is 5.32 Å². The second kappa shape index (κ2) is 11.3. The number of anilines is 2. The van der Waals surface area contributed by atoms with Gasteiger partial charge in [-0.25, -0.2) is 14.8 Å². The summed E-state index contributed by atoms with van der Waals surface area (Å²) in [5, 5.41) is 22.8. The lowest BCUT2D eigenvalue weighted by molar-refractivity contribution is -0.122. The highest BCUT2D eigenvalue weighted by molar-refractivity contribution is 6.44. The molecule has 39 heavy (non-hydrogen) atoms. The average Bonchev–Trinajstić information content (AvgIpc) is 3.20. The maximum Gasteiger partial charge on any atom is 0.336 e. The molecule has 0 spiro atoms. The lowest BCUT2D eigenvalue weighted by Crippen LogP contribution is -2.31. The molecule has 0 aromatic heterocycles. The first-order valence-electron chi connectivity index (χ1n) is 12.1. The number of nitrogens with one attached hydrogen (secondary N) is 1. The van der Waals surface area contributed by atoms with Crippen LogP contribution < -0.4 is 10.2 Å². The number of aryl methyl sites for hydroxylation is 1. The molecule has 0 aliphatic carbocycles. The molecule has 3 amide bonds. The van der Waals surface area contributed by atoms with Gasteiger partial charge in [0, 0.05) is 30.8 Å². The number of hydrogen-bond donors (Lipinski definition) is 3. The van der Waals surface area contributed by atoms with Crippen LogP contribution in [0.4, 0.5) is 11.4 Å². The Kier molecular flexibility index (Phi) is 7.89. The van der Waals surface area contributed by atoms with Crippen molar-refractivity contribution in [1.29, 1.82) is 0 Å². The molecule has 0 unspecified atom stereocenters. The van der Waals surface area contributed by atoms with Gasteiger partial charge in [-0.05, 0) is 54.4 Å².